The van der Waals surface area contributed by atoms with Crippen molar-refractivity contribution in [1.82, 2.24) is 5.32 Å². The lowest BCUT2D eigenvalue weighted by Crippen LogP contribution is -2.09. The van der Waals surface area contributed by atoms with Crippen LogP contribution in [0.15, 0.2) is 18.2 Å². The molecule has 18 heavy (non-hydrogen) atoms. The summed E-state index contributed by atoms with van der Waals surface area (Å²) in [5.74, 6) is 2.59. The van der Waals surface area contributed by atoms with Gasteiger partial charge < -0.3 is 10.1 Å². The van der Waals surface area contributed by atoms with Crippen LogP contribution in [-0.4, -0.2) is 24.1 Å². The summed E-state index contributed by atoms with van der Waals surface area (Å²) in [5, 5.41) is 3.12. The Kier molecular flexibility index (Phi) is 6.36. The summed E-state index contributed by atoms with van der Waals surface area (Å²) in [5.41, 5.74) is 2.22. The second-order valence-corrected chi connectivity index (χ2v) is 6.32. The van der Waals surface area contributed by atoms with E-state index in [-0.39, 0.29) is 0 Å². The Balaban J connectivity index is 2.83. The molecular weight excluding hydrogens is 246 g/mol. The molecule has 0 heterocycles. The monoisotopic (exact) mass is 269 g/mol. The fourth-order valence-corrected chi connectivity index (χ4v) is 3.30. The topological polar surface area (TPSA) is 38.3 Å². The number of hydrogen-bond donors (Lipinski definition) is 1. The molecule has 0 aromatic heterocycles. The normalized spacial score (nSPS) is 12.7. The van der Waals surface area contributed by atoms with E-state index in [0.717, 1.165) is 23.6 Å². The molecule has 0 amide bonds. The van der Waals surface area contributed by atoms with Gasteiger partial charge in [0.1, 0.15) is 5.75 Å². The van der Waals surface area contributed by atoms with Crippen molar-refractivity contribution in [2.45, 2.75) is 26.1 Å². The van der Waals surface area contributed by atoms with Crippen LogP contribution in [0, 0.1) is 5.92 Å². The maximum atomic E-state index is 12.0. The van der Waals surface area contributed by atoms with E-state index in [4.69, 9.17) is 4.74 Å². The van der Waals surface area contributed by atoms with E-state index >= 15 is 0 Å². The molecule has 0 aliphatic carbocycles. The van der Waals surface area contributed by atoms with Gasteiger partial charge in [-0.15, -0.1) is 0 Å². The molecule has 0 bridgehead atoms. The second kappa shape index (κ2) is 7.54. The third-order valence-electron chi connectivity index (χ3n) is 2.56. The molecule has 1 N–H and O–H groups in total. The Morgan fingerprint density at radius 1 is 1.39 bits per heavy atom. The summed E-state index contributed by atoms with van der Waals surface area (Å²) in [6, 6.07) is 6.06. The minimum atomic E-state index is -0.826. The molecule has 0 aliphatic heterocycles. The molecule has 0 radical (unpaired) electrons. The molecule has 0 spiro atoms. The van der Waals surface area contributed by atoms with Gasteiger partial charge in [-0.3, -0.25) is 4.21 Å². The molecule has 0 saturated carbocycles. The van der Waals surface area contributed by atoms with E-state index < -0.39 is 10.8 Å². The Hall–Kier alpha value is -0.870. The zero-order valence-corrected chi connectivity index (χ0v) is 12.5. The highest BCUT2D eigenvalue weighted by Gasteiger charge is 2.10. The van der Waals surface area contributed by atoms with Crippen molar-refractivity contribution in [3.63, 3.8) is 0 Å². The molecule has 0 saturated heterocycles. The van der Waals surface area contributed by atoms with E-state index in [2.05, 4.69) is 25.2 Å². The van der Waals surface area contributed by atoms with Crippen LogP contribution in [0.5, 0.6) is 5.75 Å². The number of nitrogens with one attached hydrogen (secondary N) is 1. The van der Waals surface area contributed by atoms with Gasteiger partial charge in [0.15, 0.2) is 0 Å². The number of hydrogen-bond acceptors (Lipinski definition) is 3. The first-order valence-corrected chi connectivity index (χ1v) is 7.71. The maximum Gasteiger partial charge on any atom is 0.123 e. The van der Waals surface area contributed by atoms with E-state index in [9.17, 15) is 4.21 Å². The smallest absolute Gasteiger partial charge is 0.123 e. The van der Waals surface area contributed by atoms with Crippen molar-refractivity contribution in [2.75, 3.05) is 19.9 Å². The van der Waals surface area contributed by atoms with E-state index in [0.29, 0.717) is 11.7 Å². The standard InChI is InChI=1S/C14H23NO2S/c1-11(2)9-18(16)10-13-7-12(8-15-3)5-6-14(13)17-4/h5-7,11,15H,8-10H2,1-4H3. The second-order valence-electron chi connectivity index (χ2n) is 4.82. The van der Waals surface area contributed by atoms with Crippen molar-refractivity contribution in [1.29, 1.82) is 0 Å². The van der Waals surface area contributed by atoms with Gasteiger partial charge in [-0.1, -0.05) is 19.9 Å². The maximum absolute atomic E-state index is 12.0. The quantitative estimate of drug-likeness (QED) is 0.825. The van der Waals surface area contributed by atoms with Crippen LogP contribution >= 0.6 is 0 Å². The van der Waals surface area contributed by atoms with E-state index in [1.165, 1.54) is 5.56 Å². The first-order valence-electron chi connectivity index (χ1n) is 6.22. The van der Waals surface area contributed by atoms with Crippen molar-refractivity contribution in [3.05, 3.63) is 29.3 Å². The van der Waals surface area contributed by atoms with E-state index in [1.54, 1.807) is 7.11 Å². The van der Waals surface area contributed by atoms with Crippen molar-refractivity contribution in [3.8, 4) is 5.75 Å². The van der Waals surface area contributed by atoms with Crippen LogP contribution < -0.4 is 10.1 Å². The van der Waals surface area contributed by atoms with Gasteiger partial charge in [-0.05, 0) is 30.7 Å². The minimum Gasteiger partial charge on any atom is -0.496 e. The van der Waals surface area contributed by atoms with Crippen LogP contribution in [-0.2, 0) is 23.1 Å². The van der Waals surface area contributed by atoms with Crippen LogP contribution in [0.3, 0.4) is 0 Å². The van der Waals surface area contributed by atoms with Crippen molar-refractivity contribution in [2.24, 2.45) is 5.92 Å². The summed E-state index contributed by atoms with van der Waals surface area (Å²) in [6.07, 6.45) is 0. The highest BCUT2D eigenvalue weighted by molar-refractivity contribution is 7.84. The van der Waals surface area contributed by atoms with Crippen LogP contribution in [0.2, 0.25) is 0 Å². The van der Waals surface area contributed by atoms with Gasteiger partial charge >= 0.3 is 0 Å². The third kappa shape index (κ3) is 4.78. The average Bonchev–Trinajstić information content (AvgIpc) is 2.28. The van der Waals surface area contributed by atoms with Gasteiger partial charge in [-0.25, -0.2) is 0 Å². The Morgan fingerprint density at radius 3 is 2.67 bits per heavy atom. The molecule has 1 rings (SSSR count). The molecule has 3 nitrogen and oxygen atoms in total. The summed E-state index contributed by atoms with van der Waals surface area (Å²) in [7, 11) is 2.75. The summed E-state index contributed by atoms with van der Waals surface area (Å²) in [4.78, 5) is 0. The molecule has 1 atom stereocenters. The highest BCUT2D eigenvalue weighted by atomic mass is 32.2. The van der Waals surface area contributed by atoms with Gasteiger partial charge in [0.25, 0.3) is 0 Å². The molecule has 102 valence electrons. The Labute approximate surface area is 112 Å². The molecule has 1 aromatic carbocycles. The lowest BCUT2D eigenvalue weighted by atomic mass is 10.1. The zero-order valence-electron chi connectivity index (χ0n) is 11.7. The number of rotatable bonds is 7. The Bertz CT molecular complexity index is 405. The largest absolute Gasteiger partial charge is 0.496 e. The summed E-state index contributed by atoms with van der Waals surface area (Å²) >= 11 is 0. The average molecular weight is 269 g/mol. The molecular formula is C14H23NO2S. The first-order chi connectivity index (χ1) is 8.56. The van der Waals surface area contributed by atoms with Gasteiger partial charge in [0.05, 0.1) is 12.9 Å². The van der Waals surface area contributed by atoms with Gasteiger partial charge in [0, 0.05) is 28.7 Å². The number of benzene rings is 1. The summed E-state index contributed by atoms with van der Waals surface area (Å²) in [6.45, 7) is 4.99. The lowest BCUT2D eigenvalue weighted by Gasteiger charge is -2.11. The van der Waals surface area contributed by atoms with Crippen molar-refractivity contribution >= 4 is 10.8 Å². The van der Waals surface area contributed by atoms with Gasteiger partial charge in [0.2, 0.25) is 0 Å². The fourth-order valence-electron chi connectivity index (χ4n) is 1.86. The molecule has 0 aliphatic rings. The molecule has 1 unspecified atom stereocenters. The molecule has 4 heteroatoms. The highest BCUT2D eigenvalue weighted by Crippen LogP contribution is 2.22. The van der Waals surface area contributed by atoms with Crippen LogP contribution in [0.25, 0.3) is 0 Å². The predicted molar refractivity (Wildman–Crippen MR) is 77.3 cm³/mol. The first kappa shape index (κ1) is 15.2. The van der Waals surface area contributed by atoms with Crippen LogP contribution in [0.1, 0.15) is 25.0 Å². The summed E-state index contributed by atoms with van der Waals surface area (Å²) < 4.78 is 17.3. The number of methoxy groups -OCH3 is 1. The van der Waals surface area contributed by atoms with Gasteiger partial charge in [-0.2, -0.15) is 0 Å². The lowest BCUT2D eigenvalue weighted by molar-refractivity contribution is 0.411. The SMILES string of the molecule is CNCc1ccc(OC)c(CS(=O)CC(C)C)c1. The van der Waals surface area contributed by atoms with E-state index in [1.807, 2.05) is 19.2 Å². The predicted octanol–water partition coefficient (Wildman–Crippen LogP) is 2.32. The third-order valence-corrected chi connectivity index (χ3v) is 4.23. The Morgan fingerprint density at radius 2 is 2.11 bits per heavy atom. The molecule has 0 fully saturated rings. The zero-order chi connectivity index (χ0) is 13.5. The molecule has 1 aromatic rings. The number of ether oxygens (including phenoxy) is 1. The van der Waals surface area contributed by atoms with Crippen LogP contribution in [0.4, 0.5) is 0 Å². The minimum absolute atomic E-state index is 0.456. The fraction of sp³-hybridized carbons (Fsp3) is 0.571. The van der Waals surface area contributed by atoms with Crippen molar-refractivity contribution < 1.29 is 8.95 Å².